The first-order chi connectivity index (χ1) is 5.29. The summed E-state index contributed by atoms with van der Waals surface area (Å²) in [6.45, 7) is 4.61. The van der Waals surface area contributed by atoms with Crippen molar-refractivity contribution >= 4 is 9.52 Å². The molecule has 0 aliphatic heterocycles. The highest BCUT2D eigenvalue weighted by atomic mass is 28.2. The van der Waals surface area contributed by atoms with E-state index in [0.29, 0.717) is 9.52 Å². The molecule has 0 heterocycles. The summed E-state index contributed by atoms with van der Waals surface area (Å²) in [5, 5.41) is 0. The van der Waals surface area contributed by atoms with Gasteiger partial charge in [-0.1, -0.05) is 55.3 Å². The molecular formula is C10H15Si. The standard InChI is InChI=1S/C10H15Si/c1-9(2)11-8-10-6-4-3-5-7-10/h3-7,9,11H,8H2,1-2H3. The highest BCUT2D eigenvalue weighted by Gasteiger charge is 1.95. The molecule has 0 N–H and O–H groups in total. The summed E-state index contributed by atoms with van der Waals surface area (Å²) in [5.41, 5.74) is 2.39. The lowest BCUT2D eigenvalue weighted by atomic mass is 10.2. The molecule has 1 radical (unpaired) electrons. The summed E-state index contributed by atoms with van der Waals surface area (Å²) in [4.78, 5) is 0. The van der Waals surface area contributed by atoms with E-state index in [1.54, 1.807) is 0 Å². The second-order valence-electron chi connectivity index (χ2n) is 3.17. The Morgan fingerprint density at radius 1 is 1.18 bits per heavy atom. The molecule has 1 aromatic carbocycles. The van der Waals surface area contributed by atoms with Gasteiger partial charge in [-0.2, -0.15) is 0 Å². The first-order valence-corrected chi connectivity index (χ1v) is 5.64. The Hall–Kier alpha value is -0.563. The highest BCUT2D eigenvalue weighted by molar-refractivity contribution is 6.36. The van der Waals surface area contributed by atoms with E-state index in [9.17, 15) is 0 Å². The predicted molar refractivity (Wildman–Crippen MR) is 52.4 cm³/mol. The van der Waals surface area contributed by atoms with Gasteiger partial charge in [0, 0.05) is 9.52 Å². The van der Waals surface area contributed by atoms with Crippen molar-refractivity contribution in [2.24, 2.45) is 0 Å². The van der Waals surface area contributed by atoms with Gasteiger partial charge in [0.1, 0.15) is 0 Å². The molecule has 0 nitrogen and oxygen atoms in total. The van der Waals surface area contributed by atoms with Crippen molar-refractivity contribution in [3.8, 4) is 0 Å². The normalized spacial score (nSPS) is 10.5. The maximum atomic E-state index is 2.30. The third kappa shape index (κ3) is 3.37. The maximum absolute atomic E-state index is 2.30. The first-order valence-electron chi connectivity index (χ1n) is 4.16. The fourth-order valence-electron chi connectivity index (χ4n) is 0.986. The molecule has 0 spiro atoms. The quantitative estimate of drug-likeness (QED) is 0.600. The topological polar surface area (TPSA) is 0 Å². The smallest absolute Gasteiger partial charge is 0.0357 e. The fraction of sp³-hybridized carbons (Fsp3) is 0.400. The van der Waals surface area contributed by atoms with Crippen LogP contribution in [0.3, 0.4) is 0 Å². The Morgan fingerprint density at radius 2 is 1.82 bits per heavy atom. The Labute approximate surface area is 71.5 Å². The van der Waals surface area contributed by atoms with Crippen LogP contribution in [0.5, 0.6) is 0 Å². The van der Waals surface area contributed by atoms with Gasteiger partial charge in [-0.05, 0) is 6.04 Å². The molecule has 0 saturated carbocycles. The van der Waals surface area contributed by atoms with Gasteiger partial charge in [0.2, 0.25) is 0 Å². The zero-order chi connectivity index (χ0) is 8.10. The Kier molecular flexibility index (Phi) is 3.37. The van der Waals surface area contributed by atoms with Crippen LogP contribution < -0.4 is 0 Å². The molecule has 0 aromatic heterocycles. The number of hydrogen-bond donors (Lipinski definition) is 0. The summed E-state index contributed by atoms with van der Waals surface area (Å²) < 4.78 is 0. The minimum absolute atomic E-state index is 0.607. The minimum Gasteiger partial charge on any atom is -0.0656 e. The monoisotopic (exact) mass is 163 g/mol. The van der Waals surface area contributed by atoms with E-state index in [2.05, 4.69) is 44.2 Å². The molecular weight excluding hydrogens is 148 g/mol. The van der Waals surface area contributed by atoms with Crippen LogP contribution in [0.1, 0.15) is 19.4 Å². The molecule has 0 bridgehead atoms. The van der Waals surface area contributed by atoms with E-state index in [-0.39, 0.29) is 0 Å². The van der Waals surface area contributed by atoms with Crippen LogP contribution in [0.2, 0.25) is 5.54 Å². The Balaban J connectivity index is 2.39. The highest BCUT2D eigenvalue weighted by Crippen LogP contribution is 2.04. The van der Waals surface area contributed by atoms with Gasteiger partial charge >= 0.3 is 0 Å². The number of hydrogen-bond acceptors (Lipinski definition) is 0. The van der Waals surface area contributed by atoms with Crippen LogP contribution in [0.25, 0.3) is 0 Å². The summed E-state index contributed by atoms with van der Waals surface area (Å²) >= 11 is 0. The zero-order valence-electron chi connectivity index (χ0n) is 7.25. The third-order valence-electron chi connectivity index (χ3n) is 1.67. The Bertz CT molecular complexity index is 191. The largest absolute Gasteiger partial charge is 0.0656 e. The predicted octanol–water partition coefficient (Wildman–Crippen LogP) is 2.45. The summed E-state index contributed by atoms with van der Waals surface area (Å²) in [6.07, 6.45) is 0. The lowest BCUT2D eigenvalue weighted by Gasteiger charge is -2.02. The van der Waals surface area contributed by atoms with E-state index in [4.69, 9.17) is 0 Å². The van der Waals surface area contributed by atoms with Crippen molar-refractivity contribution < 1.29 is 0 Å². The average Bonchev–Trinajstić information content (AvgIpc) is 2.03. The summed E-state index contributed by atoms with van der Waals surface area (Å²) in [7, 11) is 0.607. The van der Waals surface area contributed by atoms with Crippen molar-refractivity contribution in [1.82, 2.24) is 0 Å². The van der Waals surface area contributed by atoms with Crippen LogP contribution in [-0.2, 0) is 6.04 Å². The first kappa shape index (κ1) is 8.53. The van der Waals surface area contributed by atoms with E-state index >= 15 is 0 Å². The SMILES string of the molecule is CC(C)[SiH]Cc1ccccc1. The number of benzene rings is 1. The van der Waals surface area contributed by atoms with E-state index in [0.717, 1.165) is 5.54 Å². The van der Waals surface area contributed by atoms with Crippen molar-refractivity contribution in [3.63, 3.8) is 0 Å². The van der Waals surface area contributed by atoms with Gasteiger partial charge < -0.3 is 0 Å². The molecule has 11 heavy (non-hydrogen) atoms. The molecule has 59 valence electrons. The molecule has 0 amide bonds. The van der Waals surface area contributed by atoms with Crippen LogP contribution in [0, 0.1) is 0 Å². The molecule has 0 fully saturated rings. The van der Waals surface area contributed by atoms with E-state index in [1.807, 2.05) is 0 Å². The third-order valence-corrected chi connectivity index (χ3v) is 3.32. The molecule has 1 heteroatoms. The van der Waals surface area contributed by atoms with Crippen LogP contribution in [-0.4, -0.2) is 9.52 Å². The summed E-state index contributed by atoms with van der Waals surface area (Å²) in [6, 6.07) is 12.1. The molecule has 0 saturated heterocycles. The molecule has 0 atom stereocenters. The van der Waals surface area contributed by atoms with Gasteiger partial charge in [-0.25, -0.2) is 0 Å². The van der Waals surface area contributed by atoms with Crippen LogP contribution in [0.4, 0.5) is 0 Å². The lowest BCUT2D eigenvalue weighted by Crippen LogP contribution is -1.99. The van der Waals surface area contributed by atoms with E-state index < -0.39 is 0 Å². The zero-order valence-corrected chi connectivity index (χ0v) is 8.40. The average molecular weight is 163 g/mol. The van der Waals surface area contributed by atoms with Crippen molar-refractivity contribution in [3.05, 3.63) is 35.9 Å². The lowest BCUT2D eigenvalue weighted by molar-refractivity contribution is 1.04. The van der Waals surface area contributed by atoms with Crippen LogP contribution >= 0.6 is 0 Å². The van der Waals surface area contributed by atoms with Crippen molar-refractivity contribution in [2.75, 3.05) is 0 Å². The minimum atomic E-state index is 0.607. The molecule has 1 rings (SSSR count). The van der Waals surface area contributed by atoms with Gasteiger partial charge in [0.05, 0.1) is 0 Å². The van der Waals surface area contributed by atoms with Gasteiger partial charge in [0.15, 0.2) is 0 Å². The van der Waals surface area contributed by atoms with Crippen molar-refractivity contribution in [1.29, 1.82) is 0 Å². The second-order valence-corrected chi connectivity index (χ2v) is 5.38. The molecule has 0 aliphatic carbocycles. The molecule has 0 aliphatic rings. The molecule has 1 aromatic rings. The van der Waals surface area contributed by atoms with Gasteiger partial charge in [-0.3, -0.25) is 0 Å². The maximum Gasteiger partial charge on any atom is 0.0357 e. The fourth-order valence-corrected chi connectivity index (χ4v) is 2.00. The Morgan fingerprint density at radius 3 is 2.36 bits per heavy atom. The second kappa shape index (κ2) is 4.34. The van der Waals surface area contributed by atoms with Crippen molar-refractivity contribution in [2.45, 2.75) is 25.4 Å². The van der Waals surface area contributed by atoms with E-state index in [1.165, 1.54) is 11.6 Å². The summed E-state index contributed by atoms with van der Waals surface area (Å²) in [5.74, 6) is 0. The number of rotatable bonds is 3. The molecule has 0 unspecified atom stereocenters. The van der Waals surface area contributed by atoms with Gasteiger partial charge in [0.25, 0.3) is 0 Å². The van der Waals surface area contributed by atoms with Crippen LogP contribution in [0.15, 0.2) is 30.3 Å². The van der Waals surface area contributed by atoms with Gasteiger partial charge in [-0.15, -0.1) is 0 Å².